The Kier molecular flexibility index (Phi) is 3.84. The molecule has 6 heteroatoms. The summed E-state index contributed by atoms with van der Waals surface area (Å²) in [4.78, 5) is 18.5. The first-order valence-electron chi connectivity index (χ1n) is 4.52. The Hall–Kier alpha value is -1.85. The smallest absolute Gasteiger partial charge is 0.326 e. The quantitative estimate of drug-likeness (QED) is 0.748. The van der Waals surface area contributed by atoms with E-state index in [1.807, 2.05) is 0 Å². The number of anilines is 1. The average molecular weight is 211 g/mol. The van der Waals surface area contributed by atoms with Crippen molar-refractivity contribution in [3.8, 4) is 5.88 Å². The van der Waals surface area contributed by atoms with Crippen LogP contribution in [0.15, 0.2) is 12.4 Å². The molecule has 82 valence electrons. The van der Waals surface area contributed by atoms with Crippen LogP contribution in [-0.4, -0.2) is 34.2 Å². The van der Waals surface area contributed by atoms with E-state index in [4.69, 9.17) is 9.84 Å². The number of aromatic nitrogens is 2. The standard InChI is InChI=1S/C9H13N3O3/c1-3-6(9(13)14)12-7-4-8(15-2)11-5-10-7/h4-6H,3H2,1-2H3,(H,13,14)(H,10,11,12). The average Bonchev–Trinajstić information content (AvgIpc) is 2.25. The van der Waals surface area contributed by atoms with Crippen molar-refractivity contribution in [1.82, 2.24) is 9.97 Å². The molecular formula is C9H13N3O3. The van der Waals surface area contributed by atoms with Crippen molar-refractivity contribution in [3.63, 3.8) is 0 Å². The highest BCUT2D eigenvalue weighted by atomic mass is 16.5. The third kappa shape index (κ3) is 3.08. The van der Waals surface area contributed by atoms with Gasteiger partial charge in [-0.25, -0.2) is 14.8 Å². The molecule has 0 aliphatic rings. The molecule has 0 amide bonds. The van der Waals surface area contributed by atoms with Crippen LogP contribution in [0.2, 0.25) is 0 Å². The zero-order valence-corrected chi connectivity index (χ0v) is 8.60. The van der Waals surface area contributed by atoms with E-state index in [0.29, 0.717) is 18.1 Å². The van der Waals surface area contributed by atoms with Gasteiger partial charge in [0.2, 0.25) is 5.88 Å². The zero-order valence-electron chi connectivity index (χ0n) is 8.60. The molecule has 0 radical (unpaired) electrons. The predicted molar refractivity (Wildman–Crippen MR) is 53.9 cm³/mol. The van der Waals surface area contributed by atoms with E-state index in [1.54, 1.807) is 13.0 Å². The molecule has 0 aliphatic carbocycles. The van der Waals surface area contributed by atoms with E-state index in [9.17, 15) is 4.79 Å². The van der Waals surface area contributed by atoms with Gasteiger partial charge in [-0.1, -0.05) is 6.92 Å². The van der Waals surface area contributed by atoms with Crippen LogP contribution in [0.4, 0.5) is 5.82 Å². The van der Waals surface area contributed by atoms with E-state index < -0.39 is 12.0 Å². The third-order valence-corrected chi connectivity index (χ3v) is 1.88. The Morgan fingerprint density at radius 1 is 1.67 bits per heavy atom. The SMILES string of the molecule is CCC(Nc1cc(OC)ncn1)C(=O)O. The normalized spacial score (nSPS) is 11.9. The Bertz CT molecular complexity index is 343. The number of hydrogen-bond donors (Lipinski definition) is 2. The second kappa shape index (κ2) is 5.14. The predicted octanol–water partition coefficient (Wildman–Crippen LogP) is 0.760. The maximum absolute atomic E-state index is 10.8. The van der Waals surface area contributed by atoms with Crippen LogP contribution >= 0.6 is 0 Å². The lowest BCUT2D eigenvalue weighted by atomic mass is 10.2. The number of aliphatic carboxylic acids is 1. The van der Waals surface area contributed by atoms with Crippen molar-refractivity contribution in [2.24, 2.45) is 0 Å². The number of nitrogens with one attached hydrogen (secondary N) is 1. The summed E-state index contributed by atoms with van der Waals surface area (Å²) in [6.45, 7) is 1.78. The fourth-order valence-electron chi connectivity index (χ4n) is 1.05. The summed E-state index contributed by atoms with van der Waals surface area (Å²) in [5.41, 5.74) is 0. The molecular weight excluding hydrogens is 198 g/mol. The molecule has 1 aromatic heterocycles. The van der Waals surface area contributed by atoms with E-state index >= 15 is 0 Å². The minimum atomic E-state index is -0.907. The maximum atomic E-state index is 10.8. The third-order valence-electron chi connectivity index (χ3n) is 1.88. The Labute approximate surface area is 87.3 Å². The summed E-state index contributed by atoms with van der Waals surface area (Å²) in [5, 5.41) is 11.6. The Morgan fingerprint density at radius 3 is 2.93 bits per heavy atom. The Morgan fingerprint density at radius 2 is 2.40 bits per heavy atom. The molecule has 0 saturated carbocycles. The summed E-state index contributed by atoms with van der Waals surface area (Å²) < 4.78 is 4.89. The van der Waals surface area contributed by atoms with E-state index in [1.165, 1.54) is 13.4 Å². The van der Waals surface area contributed by atoms with Crippen molar-refractivity contribution < 1.29 is 14.6 Å². The molecule has 0 aliphatic heterocycles. The van der Waals surface area contributed by atoms with Gasteiger partial charge in [-0.3, -0.25) is 0 Å². The van der Waals surface area contributed by atoms with Crippen molar-refractivity contribution in [2.45, 2.75) is 19.4 Å². The van der Waals surface area contributed by atoms with Gasteiger partial charge in [-0.15, -0.1) is 0 Å². The molecule has 0 fully saturated rings. The topological polar surface area (TPSA) is 84.3 Å². The second-order valence-corrected chi connectivity index (χ2v) is 2.89. The molecule has 0 aromatic carbocycles. The number of rotatable bonds is 5. The fraction of sp³-hybridized carbons (Fsp3) is 0.444. The number of carboxylic acid groups (broad SMARTS) is 1. The van der Waals surface area contributed by atoms with Gasteiger partial charge < -0.3 is 15.2 Å². The van der Waals surface area contributed by atoms with Gasteiger partial charge in [0, 0.05) is 6.07 Å². The number of nitrogens with zero attached hydrogens (tertiary/aromatic N) is 2. The summed E-state index contributed by atoms with van der Waals surface area (Å²) in [7, 11) is 1.49. The molecule has 0 saturated heterocycles. The van der Waals surface area contributed by atoms with Gasteiger partial charge in [0.15, 0.2) is 0 Å². The lowest BCUT2D eigenvalue weighted by Crippen LogP contribution is -2.28. The Balaban J connectivity index is 2.74. The van der Waals surface area contributed by atoms with E-state index in [0.717, 1.165) is 0 Å². The van der Waals surface area contributed by atoms with Crippen LogP contribution in [0.3, 0.4) is 0 Å². The highest BCUT2D eigenvalue weighted by Crippen LogP contribution is 2.11. The first kappa shape index (κ1) is 11.2. The highest BCUT2D eigenvalue weighted by molar-refractivity contribution is 5.76. The number of methoxy groups -OCH3 is 1. The molecule has 1 rings (SSSR count). The zero-order chi connectivity index (χ0) is 11.3. The molecule has 0 bridgehead atoms. The lowest BCUT2D eigenvalue weighted by Gasteiger charge is -2.12. The van der Waals surface area contributed by atoms with Crippen LogP contribution in [0, 0.1) is 0 Å². The molecule has 1 heterocycles. The number of ether oxygens (including phenoxy) is 1. The molecule has 15 heavy (non-hydrogen) atoms. The molecule has 1 unspecified atom stereocenters. The summed E-state index contributed by atoms with van der Waals surface area (Å²) in [6.07, 6.45) is 1.79. The lowest BCUT2D eigenvalue weighted by molar-refractivity contribution is -0.137. The number of carbonyl (C=O) groups is 1. The number of hydrogen-bond acceptors (Lipinski definition) is 5. The minimum Gasteiger partial charge on any atom is -0.481 e. The molecule has 2 N–H and O–H groups in total. The molecule has 1 aromatic rings. The van der Waals surface area contributed by atoms with Gasteiger partial charge in [0.1, 0.15) is 18.2 Å². The van der Waals surface area contributed by atoms with E-state index in [2.05, 4.69) is 15.3 Å². The van der Waals surface area contributed by atoms with Gasteiger partial charge in [0.25, 0.3) is 0 Å². The van der Waals surface area contributed by atoms with Gasteiger partial charge in [-0.2, -0.15) is 0 Å². The van der Waals surface area contributed by atoms with Crippen LogP contribution in [-0.2, 0) is 4.79 Å². The largest absolute Gasteiger partial charge is 0.481 e. The van der Waals surface area contributed by atoms with Crippen LogP contribution in [0.25, 0.3) is 0 Å². The van der Waals surface area contributed by atoms with Gasteiger partial charge in [0.05, 0.1) is 7.11 Å². The summed E-state index contributed by atoms with van der Waals surface area (Å²) >= 11 is 0. The van der Waals surface area contributed by atoms with Crippen molar-refractivity contribution in [3.05, 3.63) is 12.4 Å². The van der Waals surface area contributed by atoms with Gasteiger partial charge in [-0.05, 0) is 6.42 Å². The highest BCUT2D eigenvalue weighted by Gasteiger charge is 2.15. The van der Waals surface area contributed by atoms with E-state index in [-0.39, 0.29) is 0 Å². The second-order valence-electron chi connectivity index (χ2n) is 2.89. The van der Waals surface area contributed by atoms with Crippen molar-refractivity contribution >= 4 is 11.8 Å². The number of carboxylic acids is 1. The minimum absolute atomic E-state index is 0.396. The van der Waals surface area contributed by atoms with Crippen LogP contribution in [0.5, 0.6) is 5.88 Å². The van der Waals surface area contributed by atoms with Gasteiger partial charge >= 0.3 is 5.97 Å². The maximum Gasteiger partial charge on any atom is 0.326 e. The summed E-state index contributed by atoms with van der Waals surface area (Å²) in [6, 6.07) is 0.899. The van der Waals surface area contributed by atoms with Crippen molar-refractivity contribution in [2.75, 3.05) is 12.4 Å². The molecule has 6 nitrogen and oxygen atoms in total. The summed E-state index contributed by atoms with van der Waals surface area (Å²) in [5.74, 6) is -0.0704. The molecule has 1 atom stereocenters. The van der Waals surface area contributed by atoms with Crippen LogP contribution in [0.1, 0.15) is 13.3 Å². The first-order chi connectivity index (χ1) is 7.17. The molecule has 0 spiro atoms. The van der Waals surface area contributed by atoms with Crippen molar-refractivity contribution in [1.29, 1.82) is 0 Å². The first-order valence-corrected chi connectivity index (χ1v) is 4.52. The fourth-order valence-corrected chi connectivity index (χ4v) is 1.05. The van der Waals surface area contributed by atoms with Crippen LogP contribution < -0.4 is 10.1 Å². The monoisotopic (exact) mass is 211 g/mol.